The summed E-state index contributed by atoms with van der Waals surface area (Å²) in [6.45, 7) is 2.26. The van der Waals surface area contributed by atoms with E-state index in [-0.39, 0.29) is 22.2 Å². The van der Waals surface area contributed by atoms with Crippen LogP contribution in [-0.2, 0) is 17.3 Å². The first-order chi connectivity index (χ1) is 12.7. The Bertz CT molecular complexity index is 969. The summed E-state index contributed by atoms with van der Waals surface area (Å²) < 4.78 is 21.6. The zero-order chi connectivity index (χ0) is 19.4. The molecule has 4 rings (SSSR count). The molecule has 0 saturated heterocycles. The Labute approximate surface area is 160 Å². The molecule has 1 spiro atoms. The molecule has 1 aromatic heterocycles. The van der Waals surface area contributed by atoms with E-state index in [1.807, 2.05) is 6.92 Å². The molecular formula is C18H19ClFN5O2. The monoisotopic (exact) mass is 391 g/mol. The molecule has 7 nitrogen and oxygen atoms in total. The molecule has 9 heteroatoms. The maximum Gasteiger partial charge on any atom is 0.282 e. The molecule has 1 amide bonds. The zero-order valence-electron chi connectivity index (χ0n) is 14.9. The maximum absolute atomic E-state index is 14.7. The van der Waals surface area contributed by atoms with Crippen molar-refractivity contribution in [1.29, 1.82) is 0 Å². The van der Waals surface area contributed by atoms with Gasteiger partial charge in [0.1, 0.15) is 11.4 Å². The highest BCUT2D eigenvalue weighted by atomic mass is 35.5. The number of amides is 1. The summed E-state index contributed by atoms with van der Waals surface area (Å²) in [5.41, 5.74) is 5.54. The number of carbonyl (C=O) groups is 1. The predicted molar refractivity (Wildman–Crippen MR) is 99.2 cm³/mol. The number of benzene rings is 1. The molecule has 2 aromatic rings. The molecule has 1 aliphatic heterocycles. The molecule has 142 valence electrons. The van der Waals surface area contributed by atoms with Crippen LogP contribution < -0.4 is 11.1 Å². The number of nitrogens with one attached hydrogen (secondary N) is 1. The topological polar surface area (TPSA) is 94.5 Å². The minimum absolute atomic E-state index is 0.0455. The maximum atomic E-state index is 14.7. The molecule has 1 fully saturated rings. The first kappa shape index (κ1) is 17.8. The van der Waals surface area contributed by atoms with Crippen LogP contribution in [0.15, 0.2) is 29.4 Å². The highest BCUT2D eigenvalue weighted by Crippen LogP contribution is 2.62. The van der Waals surface area contributed by atoms with Crippen LogP contribution in [0, 0.1) is 11.2 Å². The average molecular weight is 392 g/mol. The van der Waals surface area contributed by atoms with Crippen molar-refractivity contribution in [3.05, 3.63) is 46.5 Å². The van der Waals surface area contributed by atoms with Crippen molar-refractivity contribution in [2.75, 3.05) is 11.9 Å². The van der Waals surface area contributed by atoms with E-state index in [9.17, 15) is 9.18 Å². The number of carbonyl (C=O) groups excluding carboxylic acids is 1. The SMILES string of the molecule is Cn1cc(Cl)c(C(=O)Nc2ccc(F)c(C3(C)N=C(N)OCC34CC4)c2)n1. The van der Waals surface area contributed by atoms with Crippen LogP contribution in [0.25, 0.3) is 0 Å². The average Bonchev–Trinajstić information content (AvgIpc) is 3.32. The summed E-state index contributed by atoms with van der Waals surface area (Å²) in [5.74, 6) is -0.879. The molecule has 27 heavy (non-hydrogen) atoms. The fourth-order valence-corrected chi connectivity index (χ4v) is 3.90. The lowest BCUT2D eigenvalue weighted by molar-refractivity contribution is 0.102. The van der Waals surface area contributed by atoms with Crippen molar-refractivity contribution in [2.24, 2.45) is 23.2 Å². The molecule has 1 unspecified atom stereocenters. The highest BCUT2D eigenvalue weighted by Gasteiger charge is 2.61. The van der Waals surface area contributed by atoms with Gasteiger partial charge in [0, 0.05) is 29.9 Å². The zero-order valence-corrected chi connectivity index (χ0v) is 15.7. The Balaban J connectivity index is 1.69. The third-order valence-corrected chi connectivity index (χ3v) is 5.74. The Morgan fingerprint density at radius 2 is 2.19 bits per heavy atom. The van der Waals surface area contributed by atoms with Gasteiger partial charge in [0.25, 0.3) is 11.9 Å². The van der Waals surface area contributed by atoms with E-state index >= 15 is 0 Å². The number of aryl methyl sites for hydroxylation is 1. The number of nitrogens with two attached hydrogens (primary N) is 1. The smallest absolute Gasteiger partial charge is 0.282 e. The van der Waals surface area contributed by atoms with E-state index in [2.05, 4.69) is 15.4 Å². The van der Waals surface area contributed by atoms with Gasteiger partial charge in [-0.2, -0.15) is 5.10 Å². The number of anilines is 1. The molecule has 1 atom stereocenters. The quantitative estimate of drug-likeness (QED) is 0.841. The lowest BCUT2D eigenvalue weighted by atomic mass is 9.76. The Morgan fingerprint density at radius 3 is 2.81 bits per heavy atom. The molecular weight excluding hydrogens is 373 g/mol. The van der Waals surface area contributed by atoms with Crippen LogP contribution in [-0.4, -0.2) is 28.3 Å². The number of aromatic nitrogens is 2. The van der Waals surface area contributed by atoms with Gasteiger partial charge in [-0.05, 0) is 38.0 Å². The van der Waals surface area contributed by atoms with Crippen LogP contribution in [0.3, 0.4) is 0 Å². The molecule has 1 saturated carbocycles. The minimum Gasteiger partial charge on any atom is -0.465 e. The van der Waals surface area contributed by atoms with E-state index in [0.29, 0.717) is 17.9 Å². The number of amidine groups is 1. The van der Waals surface area contributed by atoms with Crippen molar-refractivity contribution >= 4 is 29.2 Å². The fraction of sp³-hybridized carbons (Fsp3) is 0.389. The Hall–Kier alpha value is -2.61. The van der Waals surface area contributed by atoms with Crippen LogP contribution in [0.1, 0.15) is 35.8 Å². The minimum atomic E-state index is -0.858. The number of hydrogen-bond donors (Lipinski definition) is 2. The Morgan fingerprint density at radius 1 is 1.44 bits per heavy atom. The highest BCUT2D eigenvalue weighted by molar-refractivity contribution is 6.34. The van der Waals surface area contributed by atoms with Gasteiger partial charge in [0.05, 0.1) is 11.6 Å². The summed E-state index contributed by atoms with van der Waals surface area (Å²) in [6, 6.07) is 4.44. The number of aliphatic imine (C=N–C) groups is 1. The second-order valence-corrected chi connectivity index (χ2v) is 7.65. The van der Waals surface area contributed by atoms with Gasteiger partial charge in [-0.25, -0.2) is 9.38 Å². The predicted octanol–water partition coefficient (Wildman–Crippen LogP) is 2.81. The molecule has 3 N–H and O–H groups in total. The van der Waals surface area contributed by atoms with Gasteiger partial charge in [0.15, 0.2) is 5.69 Å². The van der Waals surface area contributed by atoms with Crippen LogP contribution in [0.2, 0.25) is 5.02 Å². The van der Waals surface area contributed by atoms with Crippen molar-refractivity contribution < 1.29 is 13.9 Å². The van der Waals surface area contributed by atoms with E-state index < -0.39 is 17.3 Å². The summed E-state index contributed by atoms with van der Waals surface area (Å²) in [6.07, 6.45) is 3.28. The van der Waals surface area contributed by atoms with Crippen molar-refractivity contribution in [3.8, 4) is 0 Å². The normalized spacial score (nSPS) is 22.9. The van der Waals surface area contributed by atoms with E-state index in [0.717, 1.165) is 12.8 Å². The largest absolute Gasteiger partial charge is 0.465 e. The molecule has 1 aromatic carbocycles. The van der Waals surface area contributed by atoms with E-state index in [1.165, 1.54) is 23.0 Å². The second-order valence-electron chi connectivity index (χ2n) is 7.24. The van der Waals surface area contributed by atoms with Gasteiger partial charge < -0.3 is 15.8 Å². The molecule has 2 heterocycles. The van der Waals surface area contributed by atoms with Gasteiger partial charge in [-0.1, -0.05) is 11.6 Å². The van der Waals surface area contributed by atoms with Crippen LogP contribution >= 0.6 is 11.6 Å². The lowest BCUT2D eigenvalue weighted by Crippen LogP contribution is -2.43. The van der Waals surface area contributed by atoms with Gasteiger partial charge in [-0.3, -0.25) is 9.48 Å². The summed E-state index contributed by atoms with van der Waals surface area (Å²) in [7, 11) is 1.67. The summed E-state index contributed by atoms with van der Waals surface area (Å²) in [4.78, 5) is 16.9. The summed E-state index contributed by atoms with van der Waals surface area (Å²) in [5, 5.41) is 6.99. The third-order valence-electron chi connectivity index (χ3n) is 5.46. The van der Waals surface area contributed by atoms with Crippen molar-refractivity contribution in [2.45, 2.75) is 25.3 Å². The summed E-state index contributed by atoms with van der Waals surface area (Å²) >= 11 is 6.02. The number of rotatable bonds is 3. The fourth-order valence-electron chi connectivity index (χ4n) is 3.63. The number of hydrogen-bond acceptors (Lipinski definition) is 5. The van der Waals surface area contributed by atoms with E-state index in [4.69, 9.17) is 22.1 Å². The third kappa shape index (κ3) is 2.84. The molecule has 0 radical (unpaired) electrons. The first-order valence-electron chi connectivity index (χ1n) is 8.53. The Kier molecular flexibility index (Phi) is 3.92. The van der Waals surface area contributed by atoms with Crippen LogP contribution in [0.4, 0.5) is 10.1 Å². The van der Waals surface area contributed by atoms with Gasteiger partial charge in [0.2, 0.25) is 0 Å². The standard InChI is InChI=1S/C18H19ClFN5O2/c1-17(18(5-6-18)9-27-16(21)23-17)11-7-10(3-4-13(11)20)22-15(26)14-12(19)8-25(2)24-14/h3-4,7-8H,5-6,9H2,1-2H3,(H2,21,23)(H,22,26). The molecule has 0 bridgehead atoms. The number of halogens is 2. The first-order valence-corrected chi connectivity index (χ1v) is 8.91. The van der Waals surface area contributed by atoms with Crippen molar-refractivity contribution in [1.82, 2.24) is 9.78 Å². The van der Waals surface area contributed by atoms with Crippen LogP contribution in [0.5, 0.6) is 0 Å². The number of nitrogens with zero attached hydrogens (tertiary/aromatic N) is 3. The molecule has 1 aliphatic carbocycles. The number of ether oxygens (including phenoxy) is 1. The van der Waals surface area contributed by atoms with Gasteiger partial charge in [-0.15, -0.1) is 0 Å². The molecule has 2 aliphatic rings. The van der Waals surface area contributed by atoms with E-state index in [1.54, 1.807) is 13.1 Å². The van der Waals surface area contributed by atoms with Crippen molar-refractivity contribution in [3.63, 3.8) is 0 Å². The second kappa shape index (κ2) is 5.95. The lowest BCUT2D eigenvalue weighted by Gasteiger charge is -2.38. The van der Waals surface area contributed by atoms with Gasteiger partial charge >= 0.3 is 0 Å².